The minimum Gasteiger partial charge on any atom is -0.486 e. The maximum Gasteiger partial charge on any atom is 0.317 e. The summed E-state index contributed by atoms with van der Waals surface area (Å²) in [7, 11) is 0. The van der Waals surface area contributed by atoms with Crippen LogP contribution in [0.25, 0.3) is 0 Å². The fraction of sp³-hybridized carbons (Fsp3) is 0.444. The maximum absolute atomic E-state index is 12.6. The lowest BCUT2D eigenvalue weighted by Crippen LogP contribution is -2.40. The molecular weight excluding hydrogens is 320 g/mol. The van der Waals surface area contributed by atoms with Crippen LogP contribution in [-0.2, 0) is 6.54 Å². The molecule has 0 spiro atoms. The van der Waals surface area contributed by atoms with Gasteiger partial charge in [0.2, 0.25) is 0 Å². The second-order valence-corrected chi connectivity index (χ2v) is 6.29. The molecule has 2 aliphatic rings. The van der Waals surface area contributed by atoms with Crippen LogP contribution in [0.2, 0.25) is 0 Å². The molecule has 2 amide bonds. The van der Waals surface area contributed by atoms with Gasteiger partial charge in [-0.3, -0.25) is 0 Å². The highest BCUT2D eigenvalue weighted by Gasteiger charge is 2.30. The first kappa shape index (κ1) is 15.8. The number of carbonyl (C=O) groups is 1. The number of hydrogen-bond donors (Lipinski definition) is 1. The van der Waals surface area contributed by atoms with Gasteiger partial charge in [0, 0.05) is 32.0 Å². The Morgan fingerprint density at radius 1 is 1.28 bits per heavy atom. The summed E-state index contributed by atoms with van der Waals surface area (Å²) in [6.45, 7) is 3.23. The Balaban J connectivity index is 1.40. The van der Waals surface area contributed by atoms with Crippen LogP contribution < -0.4 is 14.8 Å². The van der Waals surface area contributed by atoms with E-state index >= 15 is 0 Å². The minimum atomic E-state index is -0.0162. The van der Waals surface area contributed by atoms with Gasteiger partial charge >= 0.3 is 6.03 Å². The summed E-state index contributed by atoms with van der Waals surface area (Å²) < 4.78 is 13.2. The molecule has 0 bridgehead atoms. The van der Waals surface area contributed by atoms with E-state index in [4.69, 9.17) is 9.47 Å². The van der Waals surface area contributed by atoms with E-state index in [-0.39, 0.29) is 12.1 Å². The van der Waals surface area contributed by atoms with Crippen LogP contribution in [0.5, 0.6) is 11.5 Å². The highest BCUT2D eigenvalue weighted by molar-refractivity contribution is 5.75. The molecule has 25 heavy (non-hydrogen) atoms. The molecule has 132 valence electrons. The first-order chi connectivity index (χ1) is 12.3. The van der Waals surface area contributed by atoms with E-state index in [2.05, 4.69) is 10.3 Å². The number of carbonyl (C=O) groups excluding carboxylic acids is 1. The predicted molar refractivity (Wildman–Crippen MR) is 91.7 cm³/mol. The summed E-state index contributed by atoms with van der Waals surface area (Å²) in [6.07, 6.45) is 7.35. The van der Waals surface area contributed by atoms with E-state index in [1.807, 2.05) is 33.9 Å². The number of nitrogens with zero attached hydrogens (tertiary/aromatic N) is 3. The molecule has 4 rings (SSSR count). The van der Waals surface area contributed by atoms with Gasteiger partial charge in [0.15, 0.2) is 11.5 Å². The number of aromatic nitrogens is 2. The van der Waals surface area contributed by atoms with Crippen LogP contribution in [0.1, 0.15) is 24.4 Å². The van der Waals surface area contributed by atoms with Crippen molar-refractivity contribution in [2.24, 2.45) is 0 Å². The molecule has 0 saturated carbocycles. The molecule has 1 N–H and O–H groups in total. The van der Waals surface area contributed by atoms with Gasteiger partial charge in [-0.2, -0.15) is 0 Å². The number of amides is 2. The van der Waals surface area contributed by atoms with Gasteiger partial charge in [-0.25, -0.2) is 9.78 Å². The highest BCUT2D eigenvalue weighted by atomic mass is 16.6. The summed E-state index contributed by atoms with van der Waals surface area (Å²) in [5, 5.41) is 3.01. The topological polar surface area (TPSA) is 68.6 Å². The van der Waals surface area contributed by atoms with Crippen LogP contribution in [0.3, 0.4) is 0 Å². The molecule has 2 aliphatic heterocycles. The van der Waals surface area contributed by atoms with Gasteiger partial charge in [0.25, 0.3) is 0 Å². The fourth-order valence-corrected chi connectivity index (χ4v) is 3.44. The monoisotopic (exact) mass is 342 g/mol. The third-order valence-electron chi connectivity index (χ3n) is 4.67. The van der Waals surface area contributed by atoms with E-state index in [9.17, 15) is 4.79 Å². The zero-order chi connectivity index (χ0) is 17.1. The van der Waals surface area contributed by atoms with Crippen molar-refractivity contribution in [1.82, 2.24) is 19.8 Å². The van der Waals surface area contributed by atoms with Crippen molar-refractivity contribution in [2.45, 2.75) is 25.4 Å². The Bertz CT molecular complexity index is 732. The van der Waals surface area contributed by atoms with Crippen molar-refractivity contribution in [3.05, 3.63) is 42.5 Å². The molecule has 0 radical (unpaired) electrons. The number of urea groups is 1. The number of benzene rings is 1. The Morgan fingerprint density at radius 2 is 2.16 bits per heavy atom. The standard InChI is InChI=1S/C18H22N4O3/c23-18(20-6-9-21-8-5-19-13-21)22-7-1-2-15(22)14-3-4-16-17(12-14)25-11-10-24-16/h3-5,8,12-13,15H,1-2,6-7,9-11H2,(H,20,23). The van der Waals surface area contributed by atoms with E-state index in [0.717, 1.165) is 36.4 Å². The maximum atomic E-state index is 12.6. The third-order valence-corrected chi connectivity index (χ3v) is 4.67. The van der Waals surface area contributed by atoms with Gasteiger partial charge in [0.1, 0.15) is 13.2 Å². The normalized spacial score (nSPS) is 19.0. The van der Waals surface area contributed by atoms with Crippen molar-refractivity contribution in [3.63, 3.8) is 0 Å². The SMILES string of the molecule is O=C(NCCn1ccnc1)N1CCCC1c1ccc2c(c1)OCCO2. The first-order valence-electron chi connectivity index (χ1n) is 8.71. The number of ether oxygens (including phenoxy) is 2. The van der Waals surface area contributed by atoms with Crippen LogP contribution in [-0.4, -0.2) is 46.8 Å². The Morgan fingerprint density at radius 3 is 3.00 bits per heavy atom. The summed E-state index contributed by atoms with van der Waals surface area (Å²) in [4.78, 5) is 18.5. The van der Waals surface area contributed by atoms with Crippen LogP contribution in [0, 0.1) is 0 Å². The zero-order valence-electron chi connectivity index (χ0n) is 14.1. The molecule has 1 saturated heterocycles. The fourth-order valence-electron chi connectivity index (χ4n) is 3.44. The second-order valence-electron chi connectivity index (χ2n) is 6.29. The Labute approximate surface area is 146 Å². The number of fused-ring (bicyclic) bond motifs is 1. The Kier molecular flexibility index (Phi) is 4.45. The van der Waals surface area contributed by atoms with Crippen LogP contribution in [0.15, 0.2) is 36.9 Å². The molecule has 1 unspecified atom stereocenters. The smallest absolute Gasteiger partial charge is 0.317 e. The lowest BCUT2D eigenvalue weighted by atomic mass is 10.0. The van der Waals surface area contributed by atoms with Crippen molar-refractivity contribution >= 4 is 6.03 Å². The number of rotatable bonds is 4. The average Bonchev–Trinajstić information content (AvgIpc) is 3.33. The quantitative estimate of drug-likeness (QED) is 0.925. The molecule has 1 fully saturated rings. The molecule has 3 heterocycles. The van der Waals surface area contributed by atoms with Crippen molar-refractivity contribution in [2.75, 3.05) is 26.3 Å². The van der Waals surface area contributed by atoms with Crippen molar-refractivity contribution in [3.8, 4) is 11.5 Å². The number of hydrogen-bond acceptors (Lipinski definition) is 4. The Hall–Kier alpha value is -2.70. The van der Waals surface area contributed by atoms with Gasteiger partial charge in [-0.05, 0) is 30.5 Å². The van der Waals surface area contributed by atoms with Crippen LogP contribution in [0.4, 0.5) is 4.79 Å². The van der Waals surface area contributed by atoms with Gasteiger partial charge in [-0.15, -0.1) is 0 Å². The molecule has 0 aliphatic carbocycles. The van der Waals surface area contributed by atoms with E-state index < -0.39 is 0 Å². The molecule has 1 aromatic heterocycles. The highest BCUT2D eigenvalue weighted by Crippen LogP contribution is 2.37. The van der Waals surface area contributed by atoms with Gasteiger partial charge < -0.3 is 24.3 Å². The van der Waals surface area contributed by atoms with E-state index in [1.165, 1.54) is 0 Å². The van der Waals surface area contributed by atoms with Gasteiger partial charge in [-0.1, -0.05) is 6.07 Å². The number of nitrogens with one attached hydrogen (secondary N) is 1. The molecule has 2 aromatic rings. The van der Waals surface area contributed by atoms with E-state index in [1.54, 1.807) is 12.5 Å². The minimum absolute atomic E-state index is 0.0162. The third kappa shape index (κ3) is 3.40. The summed E-state index contributed by atoms with van der Waals surface area (Å²) in [5.74, 6) is 1.56. The number of likely N-dealkylation sites (tertiary alicyclic amines) is 1. The zero-order valence-corrected chi connectivity index (χ0v) is 14.1. The summed E-state index contributed by atoms with van der Waals surface area (Å²) in [6, 6.07) is 6.06. The van der Waals surface area contributed by atoms with E-state index in [0.29, 0.717) is 26.3 Å². The lowest BCUT2D eigenvalue weighted by molar-refractivity contribution is 0.170. The lowest BCUT2D eigenvalue weighted by Gasteiger charge is -2.27. The largest absolute Gasteiger partial charge is 0.486 e. The molecule has 1 atom stereocenters. The van der Waals surface area contributed by atoms with Gasteiger partial charge in [0.05, 0.1) is 12.4 Å². The second kappa shape index (κ2) is 7.04. The van der Waals surface area contributed by atoms with Crippen LogP contribution >= 0.6 is 0 Å². The average molecular weight is 342 g/mol. The van der Waals surface area contributed by atoms with Crippen molar-refractivity contribution < 1.29 is 14.3 Å². The number of imidazole rings is 1. The predicted octanol–water partition coefficient (Wildman–Crippen LogP) is 2.20. The van der Waals surface area contributed by atoms with Crippen molar-refractivity contribution in [1.29, 1.82) is 0 Å². The molecular formula is C18H22N4O3. The summed E-state index contributed by atoms with van der Waals surface area (Å²) >= 11 is 0. The molecule has 1 aromatic carbocycles. The first-order valence-corrected chi connectivity index (χ1v) is 8.71. The summed E-state index contributed by atoms with van der Waals surface area (Å²) in [5.41, 5.74) is 1.10. The molecule has 7 nitrogen and oxygen atoms in total. The molecule has 7 heteroatoms.